The highest BCUT2D eigenvalue weighted by molar-refractivity contribution is 7.23. The lowest BCUT2D eigenvalue weighted by molar-refractivity contribution is 1.35. The van der Waals surface area contributed by atoms with E-state index in [4.69, 9.17) is 0 Å². The zero-order chi connectivity index (χ0) is 9.38. The second-order valence-corrected chi connectivity index (χ2v) is 4.03. The monoisotopic (exact) mass is 201 g/mol. The van der Waals surface area contributed by atoms with Crippen LogP contribution in [0, 0.1) is 0 Å². The minimum Gasteiger partial charge on any atom is -0.287 e. The first-order valence-corrected chi connectivity index (χ1v) is 5.15. The minimum absolute atomic E-state index is 0.675. The first kappa shape index (κ1) is 7.82. The normalized spacial score (nSPS) is 14.3. The van der Waals surface area contributed by atoms with Crippen LogP contribution in [0.2, 0.25) is 0 Å². The van der Waals surface area contributed by atoms with Gasteiger partial charge in [0.15, 0.2) is 0 Å². The van der Waals surface area contributed by atoms with E-state index in [1.807, 2.05) is 24.7 Å². The Bertz CT molecular complexity index is 539. The number of hydrogen-bond donors (Lipinski definition) is 0. The summed E-state index contributed by atoms with van der Waals surface area (Å²) in [5.74, 6) is 0. The number of fused-ring (bicyclic) bond motifs is 3. The third-order valence-corrected chi connectivity index (χ3v) is 3.19. The maximum atomic E-state index is 4.36. The van der Waals surface area contributed by atoms with Gasteiger partial charge in [-0.2, -0.15) is 0 Å². The van der Waals surface area contributed by atoms with Crippen LogP contribution in [0.5, 0.6) is 0 Å². The molecule has 14 heavy (non-hydrogen) atoms. The molecule has 0 spiro atoms. The SMILES string of the molecule is C1=NCC=Nc2sc3cnccc3c21. The number of aromatic nitrogens is 1. The molecule has 0 saturated heterocycles. The van der Waals surface area contributed by atoms with Gasteiger partial charge >= 0.3 is 0 Å². The number of aliphatic imine (C=N–C) groups is 2. The summed E-state index contributed by atoms with van der Waals surface area (Å²) < 4.78 is 1.17. The molecule has 4 heteroatoms. The maximum absolute atomic E-state index is 4.36. The Morgan fingerprint density at radius 1 is 1.36 bits per heavy atom. The van der Waals surface area contributed by atoms with Crippen molar-refractivity contribution in [1.82, 2.24) is 4.98 Å². The van der Waals surface area contributed by atoms with E-state index in [1.54, 1.807) is 17.5 Å². The molecule has 3 rings (SSSR count). The zero-order valence-corrected chi connectivity index (χ0v) is 8.16. The Hall–Kier alpha value is -1.55. The highest BCUT2D eigenvalue weighted by atomic mass is 32.1. The number of hydrogen-bond acceptors (Lipinski definition) is 4. The summed E-state index contributed by atoms with van der Waals surface area (Å²) in [5.41, 5.74) is 1.13. The van der Waals surface area contributed by atoms with Crippen molar-refractivity contribution in [3.8, 4) is 0 Å². The topological polar surface area (TPSA) is 37.6 Å². The van der Waals surface area contributed by atoms with E-state index in [1.165, 1.54) is 10.1 Å². The Labute approximate surface area is 84.9 Å². The van der Waals surface area contributed by atoms with Crippen molar-refractivity contribution in [2.75, 3.05) is 6.54 Å². The quantitative estimate of drug-likeness (QED) is 0.645. The Kier molecular flexibility index (Phi) is 1.67. The third-order valence-electron chi connectivity index (χ3n) is 2.13. The van der Waals surface area contributed by atoms with Crippen molar-refractivity contribution >= 4 is 38.9 Å². The largest absolute Gasteiger partial charge is 0.287 e. The van der Waals surface area contributed by atoms with Gasteiger partial charge in [0.25, 0.3) is 0 Å². The molecule has 0 atom stereocenters. The average Bonchev–Trinajstić information content (AvgIpc) is 2.42. The van der Waals surface area contributed by atoms with Gasteiger partial charge in [0.1, 0.15) is 5.00 Å². The molecule has 0 saturated carbocycles. The van der Waals surface area contributed by atoms with Crippen molar-refractivity contribution in [1.29, 1.82) is 0 Å². The molecule has 2 aromatic rings. The lowest BCUT2D eigenvalue weighted by atomic mass is 10.2. The van der Waals surface area contributed by atoms with Crippen LogP contribution in [0.4, 0.5) is 5.00 Å². The molecule has 0 unspecified atom stereocenters. The molecule has 3 nitrogen and oxygen atoms in total. The predicted molar refractivity (Wildman–Crippen MR) is 60.2 cm³/mol. The van der Waals surface area contributed by atoms with E-state index in [9.17, 15) is 0 Å². The summed E-state index contributed by atoms with van der Waals surface area (Å²) in [6, 6.07) is 2.01. The van der Waals surface area contributed by atoms with E-state index in [-0.39, 0.29) is 0 Å². The standard InChI is InChI=1S/C10H7N3S/c1-2-11-6-9-7(1)8-5-12-3-4-13-10(8)14-9/h1-2,4-6H,3H2. The van der Waals surface area contributed by atoms with Crippen molar-refractivity contribution in [2.24, 2.45) is 9.98 Å². The molecule has 1 aliphatic rings. The van der Waals surface area contributed by atoms with Gasteiger partial charge in [-0.1, -0.05) is 0 Å². The Morgan fingerprint density at radius 3 is 3.36 bits per heavy atom. The summed E-state index contributed by atoms with van der Waals surface area (Å²) in [7, 11) is 0. The highest BCUT2D eigenvalue weighted by Crippen LogP contribution is 2.36. The molecule has 2 aromatic heterocycles. The number of nitrogens with zero attached hydrogens (tertiary/aromatic N) is 3. The van der Waals surface area contributed by atoms with Gasteiger partial charge < -0.3 is 0 Å². The summed E-state index contributed by atoms with van der Waals surface area (Å²) in [4.78, 5) is 12.7. The van der Waals surface area contributed by atoms with Crippen LogP contribution in [0.3, 0.4) is 0 Å². The summed E-state index contributed by atoms with van der Waals surface area (Å²) in [5, 5.41) is 2.23. The first-order chi connectivity index (χ1) is 6.95. The van der Waals surface area contributed by atoms with Gasteiger partial charge in [0, 0.05) is 35.8 Å². The molecule has 68 valence electrons. The van der Waals surface area contributed by atoms with Crippen LogP contribution in [-0.2, 0) is 0 Å². The lowest BCUT2D eigenvalue weighted by Crippen LogP contribution is -1.79. The summed E-state index contributed by atoms with van der Waals surface area (Å²) >= 11 is 1.66. The third kappa shape index (κ3) is 1.08. The summed E-state index contributed by atoms with van der Waals surface area (Å²) in [6.07, 6.45) is 7.42. The highest BCUT2D eigenvalue weighted by Gasteiger charge is 2.09. The zero-order valence-electron chi connectivity index (χ0n) is 7.34. The average molecular weight is 201 g/mol. The van der Waals surface area contributed by atoms with E-state index < -0.39 is 0 Å². The van der Waals surface area contributed by atoms with Crippen molar-refractivity contribution in [2.45, 2.75) is 0 Å². The van der Waals surface area contributed by atoms with E-state index >= 15 is 0 Å². The molecule has 1 aliphatic heterocycles. The van der Waals surface area contributed by atoms with E-state index in [0.717, 1.165) is 10.6 Å². The van der Waals surface area contributed by atoms with Crippen LogP contribution in [0.1, 0.15) is 5.56 Å². The first-order valence-electron chi connectivity index (χ1n) is 4.34. The predicted octanol–water partition coefficient (Wildman–Crippen LogP) is 2.43. The smallest absolute Gasteiger partial charge is 0.125 e. The fourth-order valence-electron chi connectivity index (χ4n) is 1.49. The minimum atomic E-state index is 0.675. The van der Waals surface area contributed by atoms with E-state index in [0.29, 0.717) is 6.54 Å². The van der Waals surface area contributed by atoms with Crippen molar-refractivity contribution in [3.63, 3.8) is 0 Å². The summed E-state index contributed by atoms with van der Waals surface area (Å²) in [6.45, 7) is 0.675. The molecule has 0 amide bonds. The van der Waals surface area contributed by atoms with Crippen molar-refractivity contribution < 1.29 is 0 Å². The van der Waals surface area contributed by atoms with Crippen LogP contribution in [0.25, 0.3) is 10.1 Å². The molecule has 0 radical (unpaired) electrons. The molecule has 0 fully saturated rings. The molecule has 0 aliphatic carbocycles. The number of pyridine rings is 1. The molecule has 0 bridgehead atoms. The molecular formula is C10H7N3S. The lowest BCUT2D eigenvalue weighted by Gasteiger charge is -1.89. The van der Waals surface area contributed by atoms with Gasteiger partial charge in [-0.3, -0.25) is 9.98 Å². The van der Waals surface area contributed by atoms with Gasteiger partial charge in [0.05, 0.1) is 11.2 Å². The van der Waals surface area contributed by atoms with Gasteiger partial charge in [-0.25, -0.2) is 4.99 Å². The number of thiophene rings is 1. The fraction of sp³-hybridized carbons (Fsp3) is 0.100. The van der Waals surface area contributed by atoms with Crippen LogP contribution in [0.15, 0.2) is 28.4 Å². The van der Waals surface area contributed by atoms with Crippen LogP contribution < -0.4 is 0 Å². The van der Waals surface area contributed by atoms with Gasteiger partial charge in [0.2, 0.25) is 0 Å². The van der Waals surface area contributed by atoms with Gasteiger partial charge in [-0.05, 0) is 6.07 Å². The Balaban J connectivity index is 2.41. The fourth-order valence-corrected chi connectivity index (χ4v) is 2.50. The van der Waals surface area contributed by atoms with Crippen LogP contribution >= 0.6 is 11.3 Å². The van der Waals surface area contributed by atoms with E-state index in [2.05, 4.69) is 15.0 Å². The number of rotatable bonds is 0. The van der Waals surface area contributed by atoms with Crippen LogP contribution in [-0.4, -0.2) is 24.0 Å². The molecular weight excluding hydrogens is 194 g/mol. The Morgan fingerprint density at radius 2 is 2.36 bits per heavy atom. The molecule has 3 heterocycles. The molecule has 0 N–H and O–H groups in total. The maximum Gasteiger partial charge on any atom is 0.125 e. The van der Waals surface area contributed by atoms with Crippen molar-refractivity contribution in [3.05, 3.63) is 24.0 Å². The second kappa shape index (κ2) is 2.99. The second-order valence-electron chi connectivity index (χ2n) is 3.00. The van der Waals surface area contributed by atoms with Gasteiger partial charge in [-0.15, -0.1) is 11.3 Å². The molecule has 0 aromatic carbocycles.